The second-order valence-corrected chi connectivity index (χ2v) is 3.33. The molecule has 0 fully saturated rings. The van der Waals surface area contributed by atoms with Crippen LogP contribution in [0.3, 0.4) is 0 Å². The van der Waals surface area contributed by atoms with Gasteiger partial charge in [-0.3, -0.25) is 0 Å². The van der Waals surface area contributed by atoms with Crippen LogP contribution in [0.15, 0.2) is 30.9 Å². The quantitative estimate of drug-likeness (QED) is 0.737. The first-order chi connectivity index (χ1) is 7.19. The minimum absolute atomic E-state index is 0.259. The van der Waals surface area contributed by atoms with Gasteiger partial charge < -0.3 is 5.32 Å². The highest BCUT2D eigenvalue weighted by molar-refractivity contribution is 5.25. The van der Waals surface area contributed by atoms with Gasteiger partial charge in [-0.05, 0) is 19.0 Å². The summed E-state index contributed by atoms with van der Waals surface area (Å²) in [4.78, 5) is 0. The smallest absolute Gasteiger partial charge is 0.131 e. The third-order valence-corrected chi connectivity index (χ3v) is 2.15. The Morgan fingerprint density at radius 1 is 1.47 bits per heavy atom. The molecule has 3 heteroatoms. The maximum absolute atomic E-state index is 13.4. The molecule has 0 heterocycles. The molecule has 0 bridgehead atoms. The standard InChI is InChI=1S/C12H15F2N/c1-3-7-15-12(4-2)10-6-5-9(13)8-11(10)14/h4-6,8,12,15H,2-3,7H2,1H3. The molecular weight excluding hydrogens is 196 g/mol. The van der Waals surface area contributed by atoms with E-state index in [-0.39, 0.29) is 6.04 Å². The molecule has 0 aliphatic carbocycles. The molecule has 1 atom stereocenters. The summed E-state index contributed by atoms with van der Waals surface area (Å²) < 4.78 is 26.1. The van der Waals surface area contributed by atoms with E-state index in [0.717, 1.165) is 19.0 Å². The molecular formula is C12H15F2N. The molecule has 0 radical (unpaired) electrons. The fourth-order valence-electron chi connectivity index (χ4n) is 1.37. The summed E-state index contributed by atoms with van der Waals surface area (Å²) >= 11 is 0. The zero-order valence-electron chi connectivity index (χ0n) is 8.76. The maximum atomic E-state index is 13.4. The van der Waals surface area contributed by atoms with E-state index in [1.807, 2.05) is 6.92 Å². The van der Waals surface area contributed by atoms with E-state index in [1.54, 1.807) is 6.08 Å². The minimum atomic E-state index is -0.561. The molecule has 82 valence electrons. The highest BCUT2D eigenvalue weighted by atomic mass is 19.1. The van der Waals surface area contributed by atoms with Crippen LogP contribution < -0.4 is 5.32 Å². The van der Waals surface area contributed by atoms with Crippen LogP contribution in [-0.2, 0) is 0 Å². The van der Waals surface area contributed by atoms with Crippen molar-refractivity contribution in [2.45, 2.75) is 19.4 Å². The Morgan fingerprint density at radius 2 is 2.20 bits per heavy atom. The van der Waals surface area contributed by atoms with Gasteiger partial charge in [0.25, 0.3) is 0 Å². The number of rotatable bonds is 5. The average Bonchev–Trinajstić information content (AvgIpc) is 2.21. The minimum Gasteiger partial charge on any atom is -0.307 e. The van der Waals surface area contributed by atoms with E-state index in [4.69, 9.17) is 0 Å². The molecule has 0 amide bonds. The Balaban J connectivity index is 2.86. The summed E-state index contributed by atoms with van der Waals surface area (Å²) in [5, 5.41) is 3.12. The topological polar surface area (TPSA) is 12.0 Å². The lowest BCUT2D eigenvalue weighted by atomic mass is 10.1. The second-order valence-electron chi connectivity index (χ2n) is 3.33. The maximum Gasteiger partial charge on any atom is 0.131 e. The lowest BCUT2D eigenvalue weighted by Gasteiger charge is -2.15. The Labute approximate surface area is 88.8 Å². The summed E-state index contributed by atoms with van der Waals surface area (Å²) in [5.74, 6) is -1.10. The van der Waals surface area contributed by atoms with Gasteiger partial charge in [-0.2, -0.15) is 0 Å². The summed E-state index contributed by atoms with van der Waals surface area (Å²) in [6, 6.07) is 3.33. The fraction of sp³-hybridized carbons (Fsp3) is 0.333. The molecule has 0 aliphatic rings. The van der Waals surface area contributed by atoms with Gasteiger partial charge in [0.05, 0.1) is 6.04 Å². The van der Waals surface area contributed by atoms with Crippen molar-refractivity contribution >= 4 is 0 Å². The van der Waals surface area contributed by atoms with Gasteiger partial charge in [-0.25, -0.2) is 8.78 Å². The Morgan fingerprint density at radius 3 is 2.73 bits per heavy atom. The van der Waals surface area contributed by atoms with Gasteiger partial charge in [-0.15, -0.1) is 6.58 Å². The van der Waals surface area contributed by atoms with Crippen LogP contribution in [0.5, 0.6) is 0 Å². The number of hydrogen-bond donors (Lipinski definition) is 1. The van der Waals surface area contributed by atoms with Gasteiger partial charge >= 0.3 is 0 Å². The van der Waals surface area contributed by atoms with Crippen LogP contribution in [-0.4, -0.2) is 6.54 Å². The molecule has 1 rings (SSSR count). The number of nitrogens with one attached hydrogen (secondary N) is 1. The zero-order valence-corrected chi connectivity index (χ0v) is 8.76. The molecule has 0 saturated heterocycles. The number of benzene rings is 1. The molecule has 0 aliphatic heterocycles. The van der Waals surface area contributed by atoms with E-state index in [2.05, 4.69) is 11.9 Å². The van der Waals surface area contributed by atoms with E-state index < -0.39 is 11.6 Å². The largest absolute Gasteiger partial charge is 0.307 e. The van der Waals surface area contributed by atoms with Crippen molar-refractivity contribution in [3.05, 3.63) is 48.1 Å². The summed E-state index contributed by atoms with van der Waals surface area (Å²) in [6.45, 7) is 6.42. The van der Waals surface area contributed by atoms with Crippen LogP contribution in [0.2, 0.25) is 0 Å². The van der Waals surface area contributed by atoms with Crippen LogP contribution in [0.1, 0.15) is 24.9 Å². The monoisotopic (exact) mass is 211 g/mol. The third-order valence-electron chi connectivity index (χ3n) is 2.15. The molecule has 0 saturated carbocycles. The highest BCUT2D eigenvalue weighted by Crippen LogP contribution is 2.18. The molecule has 1 aromatic rings. The fourth-order valence-corrected chi connectivity index (χ4v) is 1.37. The molecule has 0 aromatic heterocycles. The lowest BCUT2D eigenvalue weighted by molar-refractivity contribution is 0.539. The van der Waals surface area contributed by atoms with Crippen molar-refractivity contribution < 1.29 is 8.78 Å². The lowest BCUT2D eigenvalue weighted by Crippen LogP contribution is -2.21. The first-order valence-electron chi connectivity index (χ1n) is 5.00. The third kappa shape index (κ3) is 3.13. The van der Waals surface area contributed by atoms with E-state index >= 15 is 0 Å². The Kier molecular flexibility index (Phi) is 4.43. The Bertz CT molecular complexity index is 336. The summed E-state index contributed by atoms with van der Waals surface area (Å²) in [5.41, 5.74) is 0.430. The van der Waals surface area contributed by atoms with Crippen LogP contribution in [0.4, 0.5) is 8.78 Å². The van der Waals surface area contributed by atoms with Crippen molar-refractivity contribution in [3.63, 3.8) is 0 Å². The molecule has 1 N–H and O–H groups in total. The zero-order chi connectivity index (χ0) is 11.3. The van der Waals surface area contributed by atoms with Crippen LogP contribution in [0, 0.1) is 11.6 Å². The van der Waals surface area contributed by atoms with Crippen LogP contribution in [0.25, 0.3) is 0 Å². The average molecular weight is 211 g/mol. The number of hydrogen-bond acceptors (Lipinski definition) is 1. The first-order valence-corrected chi connectivity index (χ1v) is 5.00. The van der Waals surface area contributed by atoms with E-state index in [0.29, 0.717) is 5.56 Å². The first kappa shape index (κ1) is 11.9. The summed E-state index contributed by atoms with van der Waals surface area (Å²) in [7, 11) is 0. The van der Waals surface area contributed by atoms with E-state index in [9.17, 15) is 8.78 Å². The van der Waals surface area contributed by atoms with Crippen molar-refractivity contribution in [2.75, 3.05) is 6.54 Å². The van der Waals surface area contributed by atoms with Crippen molar-refractivity contribution in [3.8, 4) is 0 Å². The molecule has 1 aromatic carbocycles. The Hall–Kier alpha value is -1.22. The van der Waals surface area contributed by atoms with Gasteiger partial charge in [-0.1, -0.05) is 19.1 Å². The normalized spacial score (nSPS) is 12.5. The molecule has 1 unspecified atom stereocenters. The van der Waals surface area contributed by atoms with Crippen LogP contribution >= 0.6 is 0 Å². The molecule has 15 heavy (non-hydrogen) atoms. The van der Waals surface area contributed by atoms with E-state index in [1.165, 1.54) is 12.1 Å². The molecule has 0 spiro atoms. The van der Waals surface area contributed by atoms with Gasteiger partial charge in [0.15, 0.2) is 0 Å². The predicted octanol–water partition coefficient (Wildman–Crippen LogP) is 3.19. The van der Waals surface area contributed by atoms with Gasteiger partial charge in [0.2, 0.25) is 0 Å². The van der Waals surface area contributed by atoms with Crippen molar-refractivity contribution in [2.24, 2.45) is 0 Å². The second kappa shape index (κ2) is 5.61. The van der Waals surface area contributed by atoms with Crippen molar-refractivity contribution in [1.82, 2.24) is 5.32 Å². The SMILES string of the molecule is C=CC(NCCC)c1ccc(F)cc1F. The highest BCUT2D eigenvalue weighted by Gasteiger charge is 2.11. The predicted molar refractivity (Wildman–Crippen MR) is 57.6 cm³/mol. The van der Waals surface area contributed by atoms with Gasteiger partial charge in [0, 0.05) is 11.6 Å². The number of halogens is 2. The molecule has 1 nitrogen and oxygen atoms in total. The summed E-state index contributed by atoms with van der Waals surface area (Å²) in [6.07, 6.45) is 2.57. The van der Waals surface area contributed by atoms with Gasteiger partial charge in [0.1, 0.15) is 11.6 Å². The van der Waals surface area contributed by atoms with Crippen molar-refractivity contribution in [1.29, 1.82) is 0 Å².